The highest BCUT2D eigenvalue weighted by Gasteiger charge is 2.33. The van der Waals surface area contributed by atoms with Crippen molar-refractivity contribution in [1.82, 2.24) is 9.97 Å². The van der Waals surface area contributed by atoms with Crippen LogP contribution in [0.3, 0.4) is 0 Å². The standard InChI is InChI=1S/C16H20N4/c1-16(13-6-3-2-4-7-13)8-5-9-20(11-16)15-10-14(17)18-12-19-15/h2-4,6-7,10,12H,5,8-9,11H2,1H3,(H2,17,18,19)/t16-/m1/s1. The smallest absolute Gasteiger partial charge is 0.134 e. The summed E-state index contributed by atoms with van der Waals surface area (Å²) in [7, 11) is 0. The van der Waals surface area contributed by atoms with Crippen LogP contribution < -0.4 is 10.6 Å². The maximum absolute atomic E-state index is 5.77. The largest absolute Gasteiger partial charge is 0.384 e. The van der Waals surface area contributed by atoms with E-state index in [2.05, 4.69) is 52.1 Å². The molecule has 0 unspecified atom stereocenters. The summed E-state index contributed by atoms with van der Waals surface area (Å²) in [6.45, 7) is 4.32. The number of anilines is 2. The lowest BCUT2D eigenvalue weighted by Crippen LogP contribution is -2.44. The molecule has 0 bridgehead atoms. The zero-order valence-corrected chi connectivity index (χ0v) is 11.8. The first-order valence-electron chi connectivity index (χ1n) is 7.05. The zero-order valence-electron chi connectivity index (χ0n) is 11.8. The number of hydrogen-bond donors (Lipinski definition) is 1. The molecular weight excluding hydrogens is 248 g/mol. The molecule has 104 valence electrons. The van der Waals surface area contributed by atoms with Gasteiger partial charge in [0.05, 0.1) is 0 Å². The summed E-state index contributed by atoms with van der Waals surface area (Å²) in [6, 6.07) is 12.6. The Labute approximate surface area is 119 Å². The Hall–Kier alpha value is -2.10. The van der Waals surface area contributed by atoms with E-state index in [0.29, 0.717) is 5.82 Å². The fraction of sp³-hybridized carbons (Fsp3) is 0.375. The van der Waals surface area contributed by atoms with Gasteiger partial charge in [-0.05, 0) is 18.4 Å². The molecule has 4 heteroatoms. The third kappa shape index (κ3) is 2.46. The molecule has 2 N–H and O–H groups in total. The summed E-state index contributed by atoms with van der Waals surface area (Å²) < 4.78 is 0. The topological polar surface area (TPSA) is 55.0 Å². The number of nitrogens with two attached hydrogens (primary N) is 1. The molecule has 1 atom stereocenters. The van der Waals surface area contributed by atoms with Crippen molar-refractivity contribution >= 4 is 11.6 Å². The average Bonchev–Trinajstić information content (AvgIpc) is 2.48. The molecule has 0 amide bonds. The van der Waals surface area contributed by atoms with Gasteiger partial charge in [0.1, 0.15) is 18.0 Å². The first-order chi connectivity index (χ1) is 9.67. The van der Waals surface area contributed by atoms with Crippen LogP contribution in [0.1, 0.15) is 25.3 Å². The van der Waals surface area contributed by atoms with Crippen LogP contribution in [-0.4, -0.2) is 23.1 Å². The van der Waals surface area contributed by atoms with Crippen LogP contribution in [0.15, 0.2) is 42.7 Å². The zero-order chi connectivity index (χ0) is 14.0. The fourth-order valence-electron chi connectivity index (χ4n) is 3.05. The van der Waals surface area contributed by atoms with Crippen LogP contribution >= 0.6 is 0 Å². The lowest BCUT2D eigenvalue weighted by molar-refractivity contribution is 0.372. The average molecular weight is 268 g/mol. The lowest BCUT2D eigenvalue weighted by Gasteiger charge is -2.41. The molecule has 1 aliphatic rings. The first kappa shape index (κ1) is 12.9. The van der Waals surface area contributed by atoms with Crippen LogP contribution in [0.25, 0.3) is 0 Å². The van der Waals surface area contributed by atoms with E-state index >= 15 is 0 Å². The Morgan fingerprint density at radius 2 is 2.00 bits per heavy atom. The molecule has 0 spiro atoms. The van der Waals surface area contributed by atoms with E-state index < -0.39 is 0 Å². The van der Waals surface area contributed by atoms with Crippen LogP contribution in [0.5, 0.6) is 0 Å². The third-order valence-corrected chi connectivity index (χ3v) is 4.16. The highest BCUT2D eigenvalue weighted by atomic mass is 15.2. The molecule has 1 aromatic carbocycles. The first-order valence-corrected chi connectivity index (χ1v) is 7.05. The van der Waals surface area contributed by atoms with Gasteiger partial charge in [-0.3, -0.25) is 0 Å². The molecule has 1 fully saturated rings. The summed E-state index contributed by atoms with van der Waals surface area (Å²) in [4.78, 5) is 10.6. The minimum absolute atomic E-state index is 0.166. The van der Waals surface area contributed by atoms with Crippen molar-refractivity contribution in [3.8, 4) is 0 Å². The molecular formula is C16H20N4. The minimum atomic E-state index is 0.166. The number of nitrogen functional groups attached to an aromatic ring is 1. The van der Waals surface area contributed by atoms with Gasteiger partial charge in [0, 0.05) is 24.6 Å². The quantitative estimate of drug-likeness (QED) is 0.909. The summed E-state index contributed by atoms with van der Waals surface area (Å²) in [5.74, 6) is 1.46. The Bertz CT molecular complexity index is 584. The highest BCUT2D eigenvalue weighted by molar-refractivity contribution is 5.47. The summed E-state index contributed by atoms with van der Waals surface area (Å²) in [5.41, 5.74) is 7.33. The van der Waals surface area contributed by atoms with Crippen molar-refractivity contribution in [2.45, 2.75) is 25.2 Å². The van der Waals surface area contributed by atoms with Gasteiger partial charge in [-0.15, -0.1) is 0 Å². The SMILES string of the molecule is C[C@@]1(c2ccccc2)CCCN(c2cc(N)ncn2)C1. The number of benzene rings is 1. The molecule has 2 aromatic rings. The molecule has 2 heterocycles. The Morgan fingerprint density at radius 3 is 2.75 bits per heavy atom. The Kier molecular flexibility index (Phi) is 3.30. The van der Waals surface area contributed by atoms with E-state index in [1.165, 1.54) is 12.0 Å². The summed E-state index contributed by atoms with van der Waals surface area (Å²) in [6.07, 6.45) is 3.91. The fourth-order valence-corrected chi connectivity index (χ4v) is 3.05. The molecule has 1 aromatic heterocycles. The van der Waals surface area contributed by atoms with Crippen molar-refractivity contribution in [2.75, 3.05) is 23.7 Å². The van der Waals surface area contributed by atoms with Crippen LogP contribution in [0, 0.1) is 0 Å². The maximum atomic E-state index is 5.77. The van der Waals surface area contributed by atoms with Crippen molar-refractivity contribution in [2.24, 2.45) is 0 Å². The second-order valence-electron chi connectivity index (χ2n) is 5.75. The minimum Gasteiger partial charge on any atom is -0.384 e. The van der Waals surface area contributed by atoms with Crippen LogP contribution in [0.2, 0.25) is 0 Å². The Morgan fingerprint density at radius 1 is 1.20 bits per heavy atom. The van der Waals surface area contributed by atoms with Crippen molar-refractivity contribution in [1.29, 1.82) is 0 Å². The molecule has 0 radical (unpaired) electrons. The highest BCUT2D eigenvalue weighted by Crippen LogP contribution is 2.35. The van der Waals surface area contributed by atoms with Gasteiger partial charge in [-0.25, -0.2) is 9.97 Å². The number of hydrogen-bond acceptors (Lipinski definition) is 4. The maximum Gasteiger partial charge on any atom is 0.134 e. The monoisotopic (exact) mass is 268 g/mol. The van der Waals surface area contributed by atoms with Crippen LogP contribution in [-0.2, 0) is 5.41 Å². The molecule has 1 saturated heterocycles. The van der Waals surface area contributed by atoms with Crippen molar-refractivity contribution in [3.63, 3.8) is 0 Å². The second kappa shape index (κ2) is 5.12. The van der Waals surface area contributed by atoms with Gasteiger partial charge in [0.2, 0.25) is 0 Å². The molecule has 4 nitrogen and oxygen atoms in total. The summed E-state index contributed by atoms with van der Waals surface area (Å²) in [5, 5.41) is 0. The number of nitrogens with zero attached hydrogens (tertiary/aromatic N) is 3. The van der Waals surface area contributed by atoms with Gasteiger partial charge >= 0.3 is 0 Å². The van der Waals surface area contributed by atoms with Crippen molar-refractivity contribution in [3.05, 3.63) is 48.3 Å². The van der Waals surface area contributed by atoms with E-state index in [1.807, 2.05) is 6.07 Å². The molecule has 1 aliphatic heterocycles. The predicted molar refractivity (Wildman–Crippen MR) is 81.7 cm³/mol. The van der Waals surface area contributed by atoms with E-state index in [9.17, 15) is 0 Å². The second-order valence-corrected chi connectivity index (χ2v) is 5.75. The Balaban J connectivity index is 1.87. The third-order valence-electron chi connectivity index (χ3n) is 4.16. The van der Waals surface area contributed by atoms with Gasteiger partial charge in [0.25, 0.3) is 0 Å². The lowest BCUT2D eigenvalue weighted by atomic mass is 9.76. The van der Waals surface area contributed by atoms with Crippen molar-refractivity contribution < 1.29 is 0 Å². The van der Waals surface area contributed by atoms with E-state index in [4.69, 9.17) is 5.73 Å². The van der Waals surface area contributed by atoms with Crippen LogP contribution in [0.4, 0.5) is 11.6 Å². The van der Waals surface area contributed by atoms with E-state index in [-0.39, 0.29) is 5.41 Å². The predicted octanol–water partition coefficient (Wildman–Crippen LogP) is 2.62. The molecule has 0 saturated carbocycles. The normalized spacial score (nSPS) is 22.8. The molecule has 3 rings (SSSR count). The van der Waals surface area contributed by atoms with Gasteiger partial charge in [-0.1, -0.05) is 37.3 Å². The number of aromatic nitrogens is 2. The van der Waals surface area contributed by atoms with E-state index in [1.54, 1.807) is 6.33 Å². The van der Waals surface area contributed by atoms with Gasteiger partial charge < -0.3 is 10.6 Å². The van der Waals surface area contributed by atoms with E-state index in [0.717, 1.165) is 25.3 Å². The molecule has 20 heavy (non-hydrogen) atoms. The van der Waals surface area contributed by atoms with Gasteiger partial charge in [-0.2, -0.15) is 0 Å². The number of piperidine rings is 1. The summed E-state index contributed by atoms with van der Waals surface area (Å²) >= 11 is 0. The van der Waals surface area contributed by atoms with Gasteiger partial charge in [0.15, 0.2) is 0 Å². The number of rotatable bonds is 2. The molecule has 0 aliphatic carbocycles.